The highest BCUT2D eigenvalue weighted by Gasteiger charge is 2.13. The van der Waals surface area contributed by atoms with E-state index in [4.69, 9.17) is 4.42 Å². The second-order valence-electron chi connectivity index (χ2n) is 4.89. The van der Waals surface area contributed by atoms with E-state index in [-0.39, 0.29) is 0 Å². The fourth-order valence-electron chi connectivity index (χ4n) is 2.15. The first-order valence-corrected chi connectivity index (χ1v) is 8.75. The Morgan fingerprint density at radius 2 is 2.09 bits per heavy atom. The summed E-state index contributed by atoms with van der Waals surface area (Å²) in [4.78, 5) is 3.62. The quantitative estimate of drug-likeness (QED) is 0.630. The Morgan fingerprint density at radius 3 is 2.82 bits per heavy atom. The van der Waals surface area contributed by atoms with Gasteiger partial charge >= 0.3 is 0 Å². The molecular weight excluding hydrogens is 362 g/mol. The molecule has 4 nitrogen and oxygen atoms in total. The van der Waals surface area contributed by atoms with Gasteiger partial charge in [-0.3, -0.25) is 4.90 Å². The predicted octanol–water partition coefficient (Wildman–Crippen LogP) is 4.58. The van der Waals surface area contributed by atoms with E-state index in [1.165, 1.54) is 4.88 Å². The van der Waals surface area contributed by atoms with Gasteiger partial charge in [-0.1, -0.05) is 35.0 Å². The minimum Gasteiger partial charge on any atom is -0.419 e. The number of aromatic nitrogens is 2. The maximum Gasteiger partial charge on any atom is 0.247 e. The standard InChI is InChI=1S/C16H16BrN3OS/c1-2-20(10-14-7-4-8-22-14)11-15-18-19-16(21-15)12-5-3-6-13(17)9-12/h3-9H,2,10-11H2,1H3. The van der Waals surface area contributed by atoms with E-state index >= 15 is 0 Å². The van der Waals surface area contributed by atoms with Gasteiger partial charge in [0.05, 0.1) is 6.54 Å². The van der Waals surface area contributed by atoms with Crippen molar-refractivity contribution in [1.29, 1.82) is 0 Å². The molecule has 0 fully saturated rings. The lowest BCUT2D eigenvalue weighted by Crippen LogP contribution is -2.21. The van der Waals surface area contributed by atoms with Crippen molar-refractivity contribution in [3.63, 3.8) is 0 Å². The van der Waals surface area contributed by atoms with E-state index in [2.05, 4.69) is 55.5 Å². The van der Waals surface area contributed by atoms with Crippen LogP contribution in [-0.2, 0) is 13.1 Å². The Morgan fingerprint density at radius 1 is 1.18 bits per heavy atom. The van der Waals surface area contributed by atoms with Crippen LogP contribution >= 0.6 is 27.3 Å². The largest absolute Gasteiger partial charge is 0.419 e. The second kappa shape index (κ2) is 7.17. The van der Waals surface area contributed by atoms with Gasteiger partial charge in [0.1, 0.15) is 0 Å². The molecule has 0 N–H and O–H groups in total. The van der Waals surface area contributed by atoms with Crippen molar-refractivity contribution in [3.8, 4) is 11.5 Å². The third-order valence-corrected chi connectivity index (χ3v) is 4.66. The van der Waals surface area contributed by atoms with Gasteiger partial charge in [-0.15, -0.1) is 21.5 Å². The van der Waals surface area contributed by atoms with Crippen LogP contribution in [0.15, 0.2) is 50.7 Å². The number of thiophene rings is 1. The molecule has 22 heavy (non-hydrogen) atoms. The highest BCUT2D eigenvalue weighted by molar-refractivity contribution is 9.10. The number of hydrogen-bond donors (Lipinski definition) is 0. The summed E-state index contributed by atoms with van der Waals surface area (Å²) in [6.45, 7) is 4.64. The predicted molar refractivity (Wildman–Crippen MR) is 91.5 cm³/mol. The van der Waals surface area contributed by atoms with Crippen LogP contribution in [0.3, 0.4) is 0 Å². The van der Waals surface area contributed by atoms with E-state index in [1.807, 2.05) is 24.3 Å². The molecule has 0 spiro atoms. The smallest absolute Gasteiger partial charge is 0.247 e. The van der Waals surface area contributed by atoms with E-state index in [1.54, 1.807) is 11.3 Å². The Labute approximate surface area is 141 Å². The average Bonchev–Trinajstić information content (AvgIpc) is 3.18. The summed E-state index contributed by atoms with van der Waals surface area (Å²) in [7, 11) is 0. The topological polar surface area (TPSA) is 42.2 Å². The summed E-state index contributed by atoms with van der Waals surface area (Å²) in [5.74, 6) is 1.21. The summed E-state index contributed by atoms with van der Waals surface area (Å²) >= 11 is 5.22. The molecule has 2 aromatic heterocycles. The number of rotatable bonds is 6. The van der Waals surface area contributed by atoms with Gasteiger partial charge in [-0.05, 0) is 36.2 Å². The van der Waals surface area contributed by atoms with Crippen molar-refractivity contribution >= 4 is 27.3 Å². The maximum absolute atomic E-state index is 5.79. The molecule has 114 valence electrons. The summed E-state index contributed by atoms with van der Waals surface area (Å²) in [5, 5.41) is 10.4. The molecule has 0 aliphatic heterocycles. The molecule has 3 rings (SSSR count). The van der Waals surface area contributed by atoms with Crippen molar-refractivity contribution in [2.24, 2.45) is 0 Å². The molecule has 6 heteroatoms. The molecule has 1 aromatic carbocycles. The van der Waals surface area contributed by atoms with Crippen LogP contribution in [0, 0.1) is 0 Å². The minimum absolute atomic E-state index is 0.559. The highest BCUT2D eigenvalue weighted by atomic mass is 79.9. The summed E-state index contributed by atoms with van der Waals surface area (Å²) in [5.41, 5.74) is 0.925. The molecule has 0 unspecified atom stereocenters. The summed E-state index contributed by atoms with van der Waals surface area (Å²) in [6.07, 6.45) is 0. The number of hydrogen-bond acceptors (Lipinski definition) is 5. The Bertz CT molecular complexity index is 727. The van der Waals surface area contributed by atoms with Gasteiger partial charge in [-0.2, -0.15) is 0 Å². The SMILES string of the molecule is CCN(Cc1nnc(-c2cccc(Br)c2)o1)Cc1cccs1. The van der Waals surface area contributed by atoms with Gasteiger partial charge in [0.2, 0.25) is 11.8 Å². The Balaban J connectivity index is 1.70. The number of halogens is 1. The monoisotopic (exact) mass is 377 g/mol. The first kappa shape index (κ1) is 15.4. The van der Waals surface area contributed by atoms with Crippen molar-refractivity contribution < 1.29 is 4.42 Å². The molecule has 0 aliphatic carbocycles. The van der Waals surface area contributed by atoms with E-state index in [0.717, 1.165) is 23.1 Å². The molecule has 0 atom stereocenters. The first-order valence-electron chi connectivity index (χ1n) is 7.07. The fraction of sp³-hybridized carbons (Fsp3) is 0.250. The van der Waals surface area contributed by atoms with E-state index in [9.17, 15) is 0 Å². The zero-order chi connectivity index (χ0) is 15.4. The van der Waals surface area contributed by atoms with Gasteiger partial charge in [0.15, 0.2) is 0 Å². The molecule has 0 amide bonds. The highest BCUT2D eigenvalue weighted by Crippen LogP contribution is 2.22. The molecule has 3 aromatic rings. The van der Waals surface area contributed by atoms with Crippen LogP contribution in [0.2, 0.25) is 0 Å². The lowest BCUT2D eigenvalue weighted by molar-refractivity contribution is 0.245. The van der Waals surface area contributed by atoms with Crippen LogP contribution in [0.1, 0.15) is 17.7 Å². The maximum atomic E-state index is 5.79. The minimum atomic E-state index is 0.559. The molecule has 0 aliphatic rings. The van der Waals surface area contributed by atoms with Crippen molar-refractivity contribution in [2.75, 3.05) is 6.54 Å². The lowest BCUT2D eigenvalue weighted by Gasteiger charge is -2.16. The van der Waals surface area contributed by atoms with Gasteiger partial charge in [0, 0.05) is 21.5 Å². The molecule has 0 radical (unpaired) electrons. The molecule has 0 bridgehead atoms. The van der Waals surface area contributed by atoms with Crippen LogP contribution in [0.25, 0.3) is 11.5 Å². The van der Waals surface area contributed by atoms with Crippen LogP contribution in [0.5, 0.6) is 0 Å². The molecule has 0 saturated carbocycles. The fourth-order valence-corrected chi connectivity index (χ4v) is 3.29. The Hall–Kier alpha value is -1.50. The average molecular weight is 378 g/mol. The third-order valence-electron chi connectivity index (χ3n) is 3.30. The van der Waals surface area contributed by atoms with Crippen molar-refractivity contribution in [2.45, 2.75) is 20.0 Å². The van der Waals surface area contributed by atoms with Crippen molar-refractivity contribution in [1.82, 2.24) is 15.1 Å². The molecule has 0 saturated heterocycles. The van der Waals surface area contributed by atoms with Gasteiger partial charge in [0.25, 0.3) is 0 Å². The molecular formula is C16H16BrN3OS. The van der Waals surface area contributed by atoms with Crippen LogP contribution in [-0.4, -0.2) is 21.6 Å². The van der Waals surface area contributed by atoms with Crippen molar-refractivity contribution in [3.05, 3.63) is 57.0 Å². The second-order valence-corrected chi connectivity index (χ2v) is 6.84. The van der Waals surface area contributed by atoms with E-state index in [0.29, 0.717) is 18.3 Å². The van der Waals surface area contributed by atoms with Crippen LogP contribution in [0.4, 0.5) is 0 Å². The Kier molecular flexibility index (Phi) is 5.02. The third kappa shape index (κ3) is 3.82. The summed E-state index contributed by atoms with van der Waals surface area (Å²) in [6, 6.07) is 12.1. The molecule has 2 heterocycles. The normalized spacial score (nSPS) is 11.2. The first-order chi connectivity index (χ1) is 10.7. The van der Waals surface area contributed by atoms with E-state index < -0.39 is 0 Å². The van der Waals surface area contributed by atoms with Crippen LogP contribution < -0.4 is 0 Å². The number of benzene rings is 1. The lowest BCUT2D eigenvalue weighted by atomic mass is 10.2. The zero-order valence-corrected chi connectivity index (χ0v) is 14.6. The summed E-state index contributed by atoms with van der Waals surface area (Å²) < 4.78 is 6.79. The van der Waals surface area contributed by atoms with Gasteiger partial charge in [-0.25, -0.2) is 0 Å². The number of nitrogens with zero attached hydrogens (tertiary/aromatic N) is 3. The van der Waals surface area contributed by atoms with Gasteiger partial charge < -0.3 is 4.42 Å². The zero-order valence-electron chi connectivity index (χ0n) is 12.2.